The normalized spacial score (nSPS) is 12.4. The molecule has 4 nitrogen and oxygen atoms in total. The molecule has 4 aromatic rings. The second-order valence-electron chi connectivity index (χ2n) is 7.41. The van der Waals surface area contributed by atoms with Gasteiger partial charge in [0.05, 0.1) is 17.0 Å². The van der Waals surface area contributed by atoms with Crippen LogP contribution in [0.1, 0.15) is 33.1 Å². The predicted molar refractivity (Wildman–Crippen MR) is 134 cm³/mol. The van der Waals surface area contributed by atoms with E-state index in [1.807, 2.05) is 104 Å². The van der Waals surface area contributed by atoms with Crippen molar-refractivity contribution >= 4 is 10.0 Å². The Kier molecular flexibility index (Phi) is 10.6. The Morgan fingerprint density at radius 2 is 1.06 bits per heavy atom. The van der Waals surface area contributed by atoms with E-state index in [0.717, 1.165) is 16.7 Å². The molecule has 0 spiro atoms. The molecular formula is C27H31N2O2RuS. The number of hydrogen-bond acceptors (Lipinski definition) is 3. The summed E-state index contributed by atoms with van der Waals surface area (Å²) in [6.45, 7) is 1.92. The molecule has 0 aromatic heterocycles. The minimum Gasteiger partial charge on any atom is -1.00 e. The second-order valence-corrected chi connectivity index (χ2v) is 9.13. The third-order valence-corrected chi connectivity index (χ3v) is 6.44. The third kappa shape index (κ3) is 8.02. The fourth-order valence-electron chi connectivity index (χ4n) is 3.21. The number of sulfonamides is 1. The van der Waals surface area contributed by atoms with Crippen molar-refractivity contribution in [3.63, 3.8) is 0 Å². The fourth-order valence-corrected chi connectivity index (χ4v) is 4.46. The van der Waals surface area contributed by atoms with Crippen molar-refractivity contribution in [1.82, 2.24) is 4.72 Å². The smallest absolute Gasteiger partial charge is 1.00 e. The van der Waals surface area contributed by atoms with E-state index in [9.17, 15) is 8.42 Å². The first kappa shape index (κ1) is 26.6. The number of nitrogens with two attached hydrogens (primary N) is 1. The number of hydrogen-bond donors (Lipinski definition) is 2. The molecular weight excluding hydrogens is 517 g/mol. The molecule has 0 aliphatic rings. The minimum absolute atomic E-state index is 0. The van der Waals surface area contributed by atoms with E-state index in [0.29, 0.717) is 0 Å². The zero-order valence-corrected chi connectivity index (χ0v) is 20.9. The average Bonchev–Trinajstić information content (AvgIpc) is 2.85. The second kappa shape index (κ2) is 13.2. The van der Waals surface area contributed by atoms with Gasteiger partial charge in [0.25, 0.3) is 0 Å². The van der Waals surface area contributed by atoms with E-state index in [2.05, 4.69) is 4.72 Å². The average molecular weight is 549 g/mol. The molecule has 2 atom stereocenters. The molecule has 1 radical (unpaired) electrons. The molecule has 0 aliphatic heterocycles. The summed E-state index contributed by atoms with van der Waals surface area (Å²) in [6.07, 6.45) is 0. The quantitative estimate of drug-likeness (QED) is 0.302. The van der Waals surface area contributed by atoms with Crippen LogP contribution in [-0.2, 0) is 29.5 Å². The van der Waals surface area contributed by atoms with Gasteiger partial charge in [0.1, 0.15) is 0 Å². The van der Waals surface area contributed by atoms with Crippen molar-refractivity contribution in [2.75, 3.05) is 0 Å². The summed E-state index contributed by atoms with van der Waals surface area (Å²) in [5, 5.41) is 0. The monoisotopic (exact) mass is 549 g/mol. The van der Waals surface area contributed by atoms with Crippen LogP contribution in [0.5, 0.6) is 0 Å². The van der Waals surface area contributed by atoms with Crippen molar-refractivity contribution in [1.29, 1.82) is 0 Å². The molecule has 0 unspecified atom stereocenters. The maximum atomic E-state index is 12.9. The van der Waals surface area contributed by atoms with E-state index in [1.54, 1.807) is 24.3 Å². The molecule has 0 aliphatic carbocycles. The zero-order chi connectivity index (χ0) is 22.8. The maximum absolute atomic E-state index is 12.9. The van der Waals surface area contributed by atoms with Gasteiger partial charge < -0.3 is 10.0 Å². The Bertz CT molecular complexity index is 1160. The van der Waals surface area contributed by atoms with Crippen LogP contribution in [0, 0.1) is 6.92 Å². The maximum Gasteiger partial charge on any atom is 3.00 e. The zero-order valence-electron chi connectivity index (χ0n) is 21.4. The number of rotatable bonds is 6. The summed E-state index contributed by atoms with van der Waals surface area (Å²) < 4.78 is 28.6. The molecule has 0 saturated heterocycles. The number of benzene rings is 4. The van der Waals surface area contributed by atoms with Crippen LogP contribution in [-0.4, -0.2) is 8.42 Å². The molecule has 6 heteroatoms. The SMILES string of the molecule is Cc1ccc(S(=O)(=O)N[C@@H](c2ccccc2)[C@@H](N)c2ccccc2)cc1.[H-].[H-].[H-].[Ru+3].c1ccccc1. The third-order valence-electron chi connectivity index (χ3n) is 4.98. The Labute approximate surface area is 214 Å². The summed E-state index contributed by atoms with van der Waals surface area (Å²) in [5.41, 5.74) is 9.15. The molecule has 4 aromatic carbocycles. The predicted octanol–water partition coefficient (Wildman–Crippen LogP) is 5.74. The van der Waals surface area contributed by atoms with Gasteiger partial charge in [-0.25, -0.2) is 13.1 Å². The molecule has 4 rings (SSSR count). The fraction of sp³-hybridized carbons (Fsp3) is 0.111. The van der Waals surface area contributed by atoms with Crippen molar-refractivity contribution < 1.29 is 32.2 Å². The Balaban J connectivity index is 0. The summed E-state index contributed by atoms with van der Waals surface area (Å²) in [6, 6.07) is 36.6. The van der Waals surface area contributed by atoms with Gasteiger partial charge in [0.15, 0.2) is 0 Å². The Morgan fingerprint density at radius 3 is 1.52 bits per heavy atom. The van der Waals surface area contributed by atoms with Crippen molar-refractivity contribution in [2.24, 2.45) is 5.73 Å². The van der Waals surface area contributed by atoms with Crippen molar-refractivity contribution in [3.8, 4) is 0 Å². The molecule has 0 amide bonds. The molecule has 3 N–H and O–H groups in total. The van der Waals surface area contributed by atoms with Crippen molar-refractivity contribution in [3.05, 3.63) is 138 Å². The molecule has 33 heavy (non-hydrogen) atoms. The van der Waals surface area contributed by atoms with Crippen molar-refractivity contribution in [2.45, 2.75) is 23.9 Å². The number of aryl methyl sites for hydroxylation is 1. The van der Waals surface area contributed by atoms with Gasteiger partial charge in [-0.05, 0) is 30.2 Å². The topological polar surface area (TPSA) is 72.2 Å². The van der Waals surface area contributed by atoms with Crippen LogP contribution in [0.3, 0.4) is 0 Å². The van der Waals surface area contributed by atoms with Gasteiger partial charge in [-0.1, -0.05) is 115 Å². The molecule has 0 saturated carbocycles. The van der Waals surface area contributed by atoms with Gasteiger partial charge in [-0.2, -0.15) is 0 Å². The van der Waals surface area contributed by atoms with Crippen LogP contribution in [0.15, 0.2) is 126 Å². The molecule has 0 fully saturated rings. The van der Waals surface area contributed by atoms with Crippen LogP contribution < -0.4 is 10.5 Å². The first-order chi connectivity index (χ1) is 15.5. The molecule has 0 heterocycles. The molecule has 0 bridgehead atoms. The summed E-state index contributed by atoms with van der Waals surface area (Å²) >= 11 is 0. The van der Waals surface area contributed by atoms with E-state index in [4.69, 9.17) is 5.73 Å². The van der Waals surface area contributed by atoms with Crippen LogP contribution in [0.2, 0.25) is 0 Å². The van der Waals surface area contributed by atoms with Gasteiger partial charge in [-0.3, -0.25) is 0 Å². The Morgan fingerprint density at radius 1 is 0.667 bits per heavy atom. The minimum atomic E-state index is -3.71. The first-order valence-electron chi connectivity index (χ1n) is 10.4. The largest absolute Gasteiger partial charge is 3.00 e. The van der Waals surface area contributed by atoms with E-state index >= 15 is 0 Å². The standard InChI is InChI=1S/C21H22N2O2S.C6H6.Ru.3H/c1-16-12-14-19(15-13-16)26(24,25)23-21(18-10-6-3-7-11-18)20(22)17-8-4-2-5-9-17;1-2-4-6-5-3-1;;;;/h2-15,20-21,23H,22H2,1H3;1-6H;;;;/q;;+3;3*-1/t20-,21-;;;;;/m0...../s1. The van der Waals surface area contributed by atoms with Crippen LogP contribution in [0.4, 0.5) is 0 Å². The van der Waals surface area contributed by atoms with Gasteiger partial charge >= 0.3 is 19.5 Å². The summed E-state index contributed by atoms with van der Waals surface area (Å²) in [4.78, 5) is 0.226. The van der Waals surface area contributed by atoms with Gasteiger partial charge in [0, 0.05) is 0 Å². The van der Waals surface area contributed by atoms with Crippen LogP contribution in [0.25, 0.3) is 0 Å². The number of nitrogens with one attached hydrogen (secondary N) is 1. The van der Waals surface area contributed by atoms with E-state index in [1.165, 1.54) is 0 Å². The van der Waals surface area contributed by atoms with E-state index < -0.39 is 22.1 Å². The Hall–Kier alpha value is -2.63. The van der Waals surface area contributed by atoms with E-state index in [-0.39, 0.29) is 28.7 Å². The first-order valence-corrected chi connectivity index (χ1v) is 11.9. The van der Waals surface area contributed by atoms with Gasteiger partial charge in [0.2, 0.25) is 10.0 Å². The molecule has 175 valence electrons. The van der Waals surface area contributed by atoms with Crippen LogP contribution >= 0.6 is 0 Å². The summed E-state index contributed by atoms with van der Waals surface area (Å²) in [5.74, 6) is 0. The van der Waals surface area contributed by atoms with Gasteiger partial charge in [-0.15, -0.1) is 0 Å². The summed E-state index contributed by atoms with van der Waals surface area (Å²) in [7, 11) is -3.71.